The van der Waals surface area contributed by atoms with E-state index in [-0.39, 0.29) is 17.5 Å². The Morgan fingerprint density at radius 3 is 2.06 bits per heavy atom. The maximum atomic E-state index is 13.2. The molecular weight excluding hydrogens is 450 g/mol. The first-order chi connectivity index (χ1) is 16.9. The summed E-state index contributed by atoms with van der Waals surface area (Å²) in [7, 11) is 6.08. The third kappa shape index (κ3) is 4.63. The van der Waals surface area contributed by atoms with Crippen LogP contribution in [0.3, 0.4) is 0 Å². The van der Waals surface area contributed by atoms with Gasteiger partial charge in [-0.2, -0.15) is 0 Å². The first-order valence-corrected chi connectivity index (χ1v) is 10.7. The molecule has 4 rings (SSSR count). The molecule has 0 aliphatic heterocycles. The molecular formula is C27H25NO7. The van der Waals surface area contributed by atoms with Gasteiger partial charge < -0.3 is 28.7 Å². The number of methoxy groups -OCH3 is 4. The number of ether oxygens (including phenoxy) is 4. The van der Waals surface area contributed by atoms with Crippen molar-refractivity contribution in [2.24, 2.45) is 0 Å². The van der Waals surface area contributed by atoms with Crippen molar-refractivity contribution in [1.29, 1.82) is 0 Å². The van der Waals surface area contributed by atoms with Crippen molar-refractivity contribution < 1.29 is 33.0 Å². The Bertz CT molecular complexity index is 1400. The zero-order chi connectivity index (χ0) is 25.1. The van der Waals surface area contributed by atoms with Crippen LogP contribution in [0.4, 0.5) is 5.69 Å². The molecule has 3 aromatic carbocycles. The first kappa shape index (κ1) is 23.7. The molecule has 0 radical (unpaired) electrons. The number of fused-ring (bicyclic) bond motifs is 1. The maximum absolute atomic E-state index is 13.2. The van der Waals surface area contributed by atoms with Crippen LogP contribution in [0.25, 0.3) is 11.0 Å². The number of carbonyl (C=O) groups excluding carboxylic acids is 2. The number of amides is 1. The minimum atomic E-state index is -0.341. The number of nitrogens with one attached hydrogen (secondary N) is 1. The van der Waals surface area contributed by atoms with Crippen LogP contribution in [0.15, 0.2) is 59.0 Å². The number of furan rings is 1. The smallest absolute Gasteiger partial charge is 0.255 e. The van der Waals surface area contributed by atoms with Crippen LogP contribution in [0.5, 0.6) is 23.0 Å². The van der Waals surface area contributed by atoms with Crippen LogP contribution in [-0.4, -0.2) is 40.1 Å². The number of ketones is 1. The van der Waals surface area contributed by atoms with Gasteiger partial charge in [-0.3, -0.25) is 9.59 Å². The second-order valence-electron chi connectivity index (χ2n) is 7.72. The molecule has 0 bridgehead atoms. The Kier molecular flexibility index (Phi) is 6.64. The summed E-state index contributed by atoms with van der Waals surface area (Å²) in [5.41, 5.74) is 2.48. The highest BCUT2D eigenvalue weighted by molar-refractivity contribution is 6.11. The minimum Gasteiger partial charge on any atom is -0.497 e. The van der Waals surface area contributed by atoms with Crippen molar-refractivity contribution in [3.8, 4) is 23.0 Å². The molecule has 0 unspecified atom stereocenters. The zero-order valence-corrected chi connectivity index (χ0v) is 20.1. The number of carbonyl (C=O) groups is 2. The fourth-order valence-electron chi connectivity index (χ4n) is 3.77. The predicted octanol–water partition coefficient (Wildman–Crippen LogP) is 5.26. The molecule has 4 aromatic rings. The number of hydrogen-bond donors (Lipinski definition) is 1. The number of aryl methyl sites for hydroxylation is 1. The van der Waals surface area contributed by atoms with Gasteiger partial charge in [-0.15, -0.1) is 0 Å². The summed E-state index contributed by atoms with van der Waals surface area (Å²) in [5.74, 6) is 1.58. The summed E-state index contributed by atoms with van der Waals surface area (Å²) in [6.07, 6.45) is 0. The van der Waals surface area contributed by atoms with Crippen LogP contribution in [-0.2, 0) is 0 Å². The molecule has 0 spiro atoms. The lowest BCUT2D eigenvalue weighted by Gasteiger charge is -2.09. The fraction of sp³-hybridized carbons (Fsp3) is 0.185. The van der Waals surface area contributed by atoms with Gasteiger partial charge in [0, 0.05) is 39.9 Å². The van der Waals surface area contributed by atoms with Gasteiger partial charge in [0.15, 0.2) is 17.3 Å². The van der Waals surface area contributed by atoms with Gasteiger partial charge in [0.1, 0.15) is 17.1 Å². The van der Waals surface area contributed by atoms with Crippen LogP contribution in [0.1, 0.15) is 32.0 Å². The van der Waals surface area contributed by atoms with E-state index < -0.39 is 0 Å². The maximum Gasteiger partial charge on any atom is 0.255 e. The normalized spacial score (nSPS) is 10.7. The molecule has 8 nitrogen and oxygen atoms in total. The number of benzene rings is 3. The van der Waals surface area contributed by atoms with E-state index in [1.165, 1.54) is 28.4 Å². The summed E-state index contributed by atoms with van der Waals surface area (Å²) >= 11 is 0. The molecule has 0 aliphatic rings. The Morgan fingerprint density at radius 1 is 0.743 bits per heavy atom. The molecule has 8 heteroatoms. The highest BCUT2D eigenvalue weighted by atomic mass is 16.5. The van der Waals surface area contributed by atoms with Crippen molar-refractivity contribution in [1.82, 2.24) is 0 Å². The quantitative estimate of drug-likeness (QED) is 0.347. The van der Waals surface area contributed by atoms with Crippen LogP contribution >= 0.6 is 0 Å². The lowest BCUT2D eigenvalue weighted by molar-refractivity contribution is 0.101. The Balaban J connectivity index is 1.63. The molecule has 35 heavy (non-hydrogen) atoms. The molecule has 1 N–H and O–H groups in total. The molecule has 1 amide bonds. The second kappa shape index (κ2) is 9.80. The summed E-state index contributed by atoms with van der Waals surface area (Å²) in [6.45, 7) is 1.82. The number of anilines is 1. The summed E-state index contributed by atoms with van der Waals surface area (Å²) in [5, 5.41) is 3.62. The van der Waals surface area contributed by atoms with E-state index >= 15 is 0 Å². The van der Waals surface area contributed by atoms with E-state index in [1.54, 1.807) is 54.6 Å². The first-order valence-electron chi connectivity index (χ1n) is 10.7. The number of hydrogen-bond acceptors (Lipinski definition) is 7. The fourth-order valence-corrected chi connectivity index (χ4v) is 3.77. The van der Waals surface area contributed by atoms with Gasteiger partial charge in [-0.1, -0.05) is 0 Å². The average molecular weight is 475 g/mol. The lowest BCUT2D eigenvalue weighted by atomic mass is 10.0. The van der Waals surface area contributed by atoms with Gasteiger partial charge in [-0.05, 0) is 49.4 Å². The van der Waals surface area contributed by atoms with E-state index in [0.717, 1.165) is 5.39 Å². The zero-order valence-electron chi connectivity index (χ0n) is 20.1. The summed E-state index contributed by atoms with van der Waals surface area (Å²) < 4.78 is 27.0. The van der Waals surface area contributed by atoms with Crippen molar-refractivity contribution in [3.63, 3.8) is 0 Å². The highest BCUT2D eigenvalue weighted by Crippen LogP contribution is 2.32. The molecule has 0 atom stereocenters. The van der Waals surface area contributed by atoms with E-state index in [4.69, 9.17) is 23.4 Å². The van der Waals surface area contributed by atoms with Crippen LogP contribution in [0.2, 0.25) is 0 Å². The summed E-state index contributed by atoms with van der Waals surface area (Å²) in [4.78, 5) is 26.0. The SMILES string of the molecule is COc1cc(OC)cc(C(=O)Nc2ccc3c(C)c(C(=O)c4ccc(OC)c(OC)c4)oc3c2)c1. The molecule has 0 saturated heterocycles. The van der Waals surface area contributed by atoms with Crippen LogP contribution < -0.4 is 24.3 Å². The van der Waals surface area contributed by atoms with E-state index in [0.29, 0.717) is 51.0 Å². The van der Waals surface area contributed by atoms with Crippen molar-refractivity contribution in [2.75, 3.05) is 33.8 Å². The number of rotatable bonds is 8. The molecule has 0 aliphatic carbocycles. The predicted molar refractivity (Wildman–Crippen MR) is 131 cm³/mol. The lowest BCUT2D eigenvalue weighted by Crippen LogP contribution is -2.12. The van der Waals surface area contributed by atoms with Gasteiger partial charge in [0.05, 0.1) is 28.4 Å². The van der Waals surface area contributed by atoms with Crippen molar-refractivity contribution in [2.45, 2.75) is 6.92 Å². The van der Waals surface area contributed by atoms with Gasteiger partial charge in [0.25, 0.3) is 5.91 Å². The Hall–Kier alpha value is -4.46. The molecule has 0 fully saturated rings. The van der Waals surface area contributed by atoms with Crippen molar-refractivity contribution in [3.05, 3.63) is 77.0 Å². The van der Waals surface area contributed by atoms with Crippen LogP contribution in [0, 0.1) is 6.92 Å². The summed E-state index contributed by atoms with van der Waals surface area (Å²) in [6, 6.07) is 15.1. The Morgan fingerprint density at radius 2 is 1.43 bits per heavy atom. The van der Waals surface area contributed by atoms with E-state index in [9.17, 15) is 9.59 Å². The van der Waals surface area contributed by atoms with Gasteiger partial charge in [-0.25, -0.2) is 0 Å². The minimum absolute atomic E-state index is 0.216. The third-order valence-corrected chi connectivity index (χ3v) is 5.66. The molecule has 180 valence electrons. The van der Waals surface area contributed by atoms with E-state index in [1.807, 2.05) is 6.92 Å². The third-order valence-electron chi connectivity index (χ3n) is 5.66. The standard InChI is InChI=1S/C27H25NO7/c1-15-21-8-7-18(28-27(30)17-10-19(31-2)14-20(11-17)32-3)13-23(21)35-26(15)25(29)16-6-9-22(33-4)24(12-16)34-5/h6-14H,1-5H3,(H,28,30). The van der Waals surface area contributed by atoms with Gasteiger partial charge >= 0.3 is 0 Å². The second-order valence-corrected chi connectivity index (χ2v) is 7.72. The molecule has 0 saturated carbocycles. The van der Waals surface area contributed by atoms with Gasteiger partial charge in [0.2, 0.25) is 5.78 Å². The van der Waals surface area contributed by atoms with E-state index in [2.05, 4.69) is 5.32 Å². The topological polar surface area (TPSA) is 96.2 Å². The average Bonchev–Trinajstić information content (AvgIpc) is 3.22. The van der Waals surface area contributed by atoms with Crippen molar-refractivity contribution >= 4 is 28.3 Å². The Labute approximate surface area is 202 Å². The largest absolute Gasteiger partial charge is 0.497 e. The monoisotopic (exact) mass is 475 g/mol. The molecule has 1 heterocycles. The molecule has 1 aromatic heterocycles. The highest BCUT2D eigenvalue weighted by Gasteiger charge is 2.21.